The standard InChI is InChI=1S/C89H146O17P2/c1-5-9-13-17-21-25-29-33-37-39-41-43-47-50-54-58-62-66-70-74-87(92)100-80-85(106-89(94)76-72-68-64-60-56-52-48-44-42-40-38-34-30-26-22-18-14-10-6-2)82-104-108(97,98)102-78-83(90)77-101-107(95,96)103-81-84(105-88(93)75-71-67-63-59-55-51-46-36-32-28-24-20-16-12-8-4)79-99-86(91)73-69-65-61-57-53-49-45-35-31-27-23-19-15-11-7-3/h9,11,13,15,21-23,25-27,33-38,41-46,50,53-54,57,65,69,83-85,90H,5-8,10,12,14,16-20,24,28-32,39-40,47-49,51-52,55-56,58-64,66-68,70-82H2,1-4H3,(H,95,96)(H,97,98)/b13-9-,15-11-,25-21-,26-22-,27-23-,37-33-,38-34-,43-41-,44-42-,45-35-,46-36-,54-50-,57-53-,69-65-. The fraction of sp³-hybridized carbons (Fsp3) is 0.640. The van der Waals surface area contributed by atoms with Crippen LogP contribution in [0.25, 0.3) is 0 Å². The van der Waals surface area contributed by atoms with Crippen molar-refractivity contribution in [3.05, 3.63) is 170 Å². The number of allylic oxidation sites excluding steroid dienone is 27. The Labute approximate surface area is 654 Å². The molecule has 5 atom stereocenters. The second-order valence-electron chi connectivity index (χ2n) is 27.0. The van der Waals surface area contributed by atoms with E-state index in [1.54, 1.807) is 6.08 Å². The molecule has 0 aromatic heterocycles. The maximum Gasteiger partial charge on any atom is 0.472 e. The van der Waals surface area contributed by atoms with E-state index in [1.807, 2.05) is 18.2 Å². The molecule has 0 aromatic carbocycles. The molecular formula is C89H146O17P2. The fourth-order valence-electron chi connectivity index (χ4n) is 10.4. The van der Waals surface area contributed by atoms with Gasteiger partial charge in [0, 0.05) is 19.3 Å². The lowest BCUT2D eigenvalue weighted by Crippen LogP contribution is -2.30. The predicted octanol–water partition coefficient (Wildman–Crippen LogP) is 24.6. The van der Waals surface area contributed by atoms with E-state index in [2.05, 4.69) is 174 Å². The normalized spacial score (nSPS) is 14.7. The molecule has 0 saturated carbocycles. The number of phosphoric ester groups is 2. The van der Waals surface area contributed by atoms with E-state index in [-0.39, 0.29) is 25.7 Å². The summed E-state index contributed by atoms with van der Waals surface area (Å²) >= 11 is 0. The lowest BCUT2D eigenvalue weighted by atomic mass is 10.1. The van der Waals surface area contributed by atoms with E-state index in [0.29, 0.717) is 25.7 Å². The largest absolute Gasteiger partial charge is 0.472 e. The summed E-state index contributed by atoms with van der Waals surface area (Å²) in [5, 5.41) is 10.7. The summed E-state index contributed by atoms with van der Waals surface area (Å²) in [7, 11) is -10.0. The molecule has 19 heteroatoms. The van der Waals surface area contributed by atoms with Gasteiger partial charge in [-0.1, -0.05) is 294 Å². The molecule has 0 amide bonds. The van der Waals surface area contributed by atoms with Gasteiger partial charge in [0.2, 0.25) is 0 Å². The summed E-state index contributed by atoms with van der Waals surface area (Å²) in [5.41, 5.74) is 0. The number of aliphatic hydroxyl groups excluding tert-OH is 1. The predicted molar refractivity (Wildman–Crippen MR) is 445 cm³/mol. The Morgan fingerprint density at radius 1 is 0.278 bits per heavy atom. The molecular weight excluding hydrogens is 1400 g/mol. The van der Waals surface area contributed by atoms with Crippen LogP contribution in [0.15, 0.2) is 170 Å². The van der Waals surface area contributed by atoms with Gasteiger partial charge in [0.15, 0.2) is 12.2 Å². The number of hydrogen-bond acceptors (Lipinski definition) is 15. The first-order chi connectivity index (χ1) is 52.7. The molecule has 614 valence electrons. The van der Waals surface area contributed by atoms with E-state index in [0.717, 1.165) is 173 Å². The molecule has 5 unspecified atom stereocenters. The van der Waals surface area contributed by atoms with Crippen molar-refractivity contribution in [3.63, 3.8) is 0 Å². The van der Waals surface area contributed by atoms with E-state index in [1.165, 1.54) is 57.8 Å². The Kier molecular flexibility index (Phi) is 75.4. The van der Waals surface area contributed by atoms with Crippen molar-refractivity contribution < 1.29 is 80.2 Å². The van der Waals surface area contributed by atoms with Gasteiger partial charge >= 0.3 is 39.5 Å². The van der Waals surface area contributed by atoms with Gasteiger partial charge in [0.1, 0.15) is 19.3 Å². The zero-order valence-corrected chi connectivity index (χ0v) is 69.0. The molecule has 0 aliphatic rings. The summed E-state index contributed by atoms with van der Waals surface area (Å²) in [6.07, 6.45) is 94.9. The summed E-state index contributed by atoms with van der Waals surface area (Å²) in [6.45, 7) is 4.44. The first-order valence-electron chi connectivity index (χ1n) is 41.4. The topological polar surface area (TPSA) is 237 Å². The Balaban J connectivity index is 5.50. The maximum atomic E-state index is 13.1. The SMILES string of the molecule is CC/C=C\C/C=C\C/C=C\C/C=C\C/C=C\CCCCCC(=O)OCC(COP(=O)(O)OCC(O)COP(=O)(O)OCC(COC(=O)C/C=C\C/C=C\C/C=C\C/C=C\C/C=C\CC)OC(=O)CCCCCCC/C=C\CCCCCCCC)OC(=O)CCCCCCCC/C=C\C/C=C\C/C=C\CCCCC. The van der Waals surface area contributed by atoms with E-state index in [9.17, 15) is 43.2 Å². The minimum Gasteiger partial charge on any atom is -0.462 e. The van der Waals surface area contributed by atoms with E-state index >= 15 is 0 Å². The molecule has 108 heavy (non-hydrogen) atoms. The van der Waals surface area contributed by atoms with Crippen molar-refractivity contribution in [2.24, 2.45) is 0 Å². The van der Waals surface area contributed by atoms with Gasteiger partial charge in [0.05, 0.1) is 32.8 Å². The van der Waals surface area contributed by atoms with Crippen LogP contribution in [0.2, 0.25) is 0 Å². The molecule has 0 saturated heterocycles. The third kappa shape index (κ3) is 78.5. The number of carbonyl (C=O) groups excluding carboxylic acids is 4. The van der Waals surface area contributed by atoms with Crippen LogP contribution in [0.4, 0.5) is 0 Å². The highest BCUT2D eigenvalue weighted by atomic mass is 31.2. The van der Waals surface area contributed by atoms with Crippen molar-refractivity contribution >= 4 is 39.5 Å². The van der Waals surface area contributed by atoms with Crippen LogP contribution in [0, 0.1) is 0 Å². The quantitative estimate of drug-likeness (QED) is 0.0169. The molecule has 0 spiro atoms. The zero-order chi connectivity index (χ0) is 78.9. The van der Waals surface area contributed by atoms with Gasteiger partial charge in [-0.25, -0.2) is 9.13 Å². The molecule has 0 radical (unpaired) electrons. The van der Waals surface area contributed by atoms with Gasteiger partial charge < -0.3 is 33.8 Å². The molecule has 0 fully saturated rings. The van der Waals surface area contributed by atoms with Crippen LogP contribution in [-0.2, 0) is 65.4 Å². The average Bonchev–Trinajstić information content (AvgIpc) is 0.896. The molecule has 0 aliphatic heterocycles. The smallest absolute Gasteiger partial charge is 0.462 e. The Morgan fingerprint density at radius 2 is 0.519 bits per heavy atom. The molecule has 0 rings (SSSR count). The molecule has 0 heterocycles. The van der Waals surface area contributed by atoms with Crippen molar-refractivity contribution in [2.75, 3.05) is 39.6 Å². The highest BCUT2D eigenvalue weighted by Gasteiger charge is 2.30. The van der Waals surface area contributed by atoms with Crippen LogP contribution in [-0.4, -0.2) is 96.7 Å². The minimum absolute atomic E-state index is 0.0600. The van der Waals surface area contributed by atoms with E-state index in [4.69, 9.17) is 37.0 Å². The van der Waals surface area contributed by atoms with Crippen LogP contribution in [0.3, 0.4) is 0 Å². The summed E-state index contributed by atoms with van der Waals surface area (Å²) in [4.78, 5) is 73.1. The summed E-state index contributed by atoms with van der Waals surface area (Å²) in [5.74, 6) is -2.39. The van der Waals surface area contributed by atoms with Crippen LogP contribution in [0.1, 0.15) is 310 Å². The number of unbranched alkanes of at least 4 members (excludes halogenated alkanes) is 23. The lowest BCUT2D eigenvalue weighted by Gasteiger charge is -2.21. The number of carbonyl (C=O) groups is 4. The number of rotatable bonds is 76. The summed E-state index contributed by atoms with van der Waals surface area (Å²) in [6, 6.07) is 0. The number of phosphoric acid groups is 2. The molecule has 17 nitrogen and oxygen atoms in total. The van der Waals surface area contributed by atoms with Gasteiger partial charge in [-0.05, 0) is 161 Å². The second kappa shape index (κ2) is 79.5. The monoisotopic (exact) mass is 1550 g/mol. The second-order valence-corrected chi connectivity index (χ2v) is 29.9. The Morgan fingerprint density at radius 3 is 0.861 bits per heavy atom. The first kappa shape index (κ1) is 102. The number of ether oxygens (including phenoxy) is 4. The molecule has 0 aliphatic carbocycles. The molecule has 0 bridgehead atoms. The first-order valence-corrected chi connectivity index (χ1v) is 44.4. The Hall–Kier alpha value is -5.58. The third-order valence-corrected chi connectivity index (χ3v) is 18.6. The zero-order valence-electron chi connectivity index (χ0n) is 67.2. The average molecular weight is 1550 g/mol. The van der Waals surface area contributed by atoms with Gasteiger partial charge in [0.25, 0.3) is 0 Å². The van der Waals surface area contributed by atoms with Crippen molar-refractivity contribution in [1.29, 1.82) is 0 Å². The molecule has 3 N–H and O–H groups in total. The van der Waals surface area contributed by atoms with Gasteiger partial charge in [-0.2, -0.15) is 0 Å². The van der Waals surface area contributed by atoms with Crippen molar-refractivity contribution in [1.82, 2.24) is 0 Å². The summed E-state index contributed by atoms with van der Waals surface area (Å²) < 4.78 is 68.6. The van der Waals surface area contributed by atoms with Crippen molar-refractivity contribution in [2.45, 2.75) is 329 Å². The number of hydrogen-bond donors (Lipinski definition) is 3. The minimum atomic E-state index is -5.01. The number of esters is 4. The van der Waals surface area contributed by atoms with Crippen molar-refractivity contribution in [3.8, 4) is 0 Å². The Bertz CT molecular complexity index is 2710. The third-order valence-electron chi connectivity index (χ3n) is 16.7. The fourth-order valence-corrected chi connectivity index (χ4v) is 12.0. The molecule has 0 aromatic rings. The maximum absolute atomic E-state index is 13.1. The van der Waals surface area contributed by atoms with Crippen LogP contribution < -0.4 is 0 Å². The lowest BCUT2D eigenvalue weighted by molar-refractivity contribution is -0.161. The van der Waals surface area contributed by atoms with Gasteiger partial charge in [-0.15, -0.1) is 0 Å². The van der Waals surface area contributed by atoms with E-state index < -0.39 is 97.5 Å². The van der Waals surface area contributed by atoms with Gasteiger partial charge in [-0.3, -0.25) is 37.3 Å². The van der Waals surface area contributed by atoms with Crippen LogP contribution >= 0.6 is 15.6 Å². The highest BCUT2D eigenvalue weighted by molar-refractivity contribution is 7.47. The van der Waals surface area contributed by atoms with Crippen LogP contribution in [0.5, 0.6) is 0 Å². The highest BCUT2D eigenvalue weighted by Crippen LogP contribution is 2.45. The number of aliphatic hydroxyl groups is 1.